The van der Waals surface area contributed by atoms with Gasteiger partial charge in [0.25, 0.3) is 5.91 Å². The number of ether oxygens (including phenoxy) is 1. The van der Waals surface area contributed by atoms with Gasteiger partial charge in [-0.25, -0.2) is 9.67 Å². The molecular formula is C22H24N4O2. The highest BCUT2D eigenvalue weighted by atomic mass is 16.5. The third-order valence-electron chi connectivity index (χ3n) is 5.24. The van der Waals surface area contributed by atoms with Gasteiger partial charge in [-0.2, -0.15) is 5.10 Å². The van der Waals surface area contributed by atoms with E-state index in [1.54, 1.807) is 15.9 Å². The molecule has 1 aliphatic carbocycles. The van der Waals surface area contributed by atoms with Gasteiger partial charge in [0.2, 0.25) is 0 Å². The number of carbonyl (C=O) groups is 1. The summed E-state index contributed by atoms with van der Waals surface area (Å²) in [6, 6.07) is 15.4. The maximum Gasteiger partial charge on any atom is 0.254 e. The van der Waals surface area contributed by atoms with Crippen LogP contribution in [0.2, 0.25) is 0 Å². The molecule has 0 spiro atoms. The molecule has 1 fully saturated rings. The minimum absolute atomic E-state index is 0.0124. The van der Waals surface area contributed by atoms with Gasteiger partial charge in [-0.15, -0.1) is 0 Å². The molecule has 28 heavy (non-hydrogen) atoms. The van der Waals surface area contributed by atoms with Crippen LogP contribution in [0.25, 0.3) is 5.69 Å². The van der Waals surface area contributed by atoms with Gasteiger partial charge in [0.15, 0.2) is 0 Å². The normalized spacial score (nSPS) is 14.5. The molecule has 1 aliphatic rings. The minimum Gasteiger partial charge on any atom is -0.493 e. The van der Waals surface area contributed by atoms with Crippen molar-refractivity contribution in [1.82, 2.24) is 19.7 Å². The lowest BCUT2D eigenvalue weighted by Crippen LogP contribution is -2.29. The quantitative estimate of drug-likeness (QED) is 0.628. The van der Waals surface area contributed by atoms with E-state index in [0.29, 0.717) is 11.5 Å². The average Bonchev–Trinajstić information content (AvgIpc) is 3.42. The lowest BCUT2D eigenvalue weighted by atomic mass is 10.1. The molecule has 1 saturated carbocycles. The predicted octanol–water partition coefficient (Wildman–Crippen LogP) is 3.89. The Morgan fingerprint density at radius 3 is 2.50 bits per heavy atom. The highest BCUT2D eigenvalue weighted by molar-refractivity contribution is 5.94. The molecule has 0 saturated heterocycles. The van der Waals surface area contributed by atoms with Crippen molar-refractivity contribution in [3.8, 4) is 11.4 Å². The zero-order valence-electron chi connectivity index (χ0n) is 16.2. The fourth-order valence-electron chi connectivity index (χ4n) is 3.04. The van der Waals surface area contributed by atoms with Crippen LogP contribution in [0.4, 0.5) is 0 Å². The van der Waals surface area contributed by atoms with Crippen LogP contribution >= 0.6 is 0 Å². The van der Waals surface area contributed by atoms with Crippen LogP contribution in [-0.2, 0) is 0 Å². The Balaban J connectivity index is 1.40. The number of rotatable bonds is 7. The second-order valence-corrected chi connectivity index (χ2v) is 7.30. The van der Waals surface area contributed by atoms with Crippen LogP contribution in [0.1, 0.15) is 41.7 Å². The first-order valence-corrected chi connectivity index (χ1v) is 9.57. The van der Waals surface area contributed by atoms with E-state index in [9.17, 15) is 4.79 Å². The summed E-state index contributed by atoms with van der Waals surface area (Å²) in [6.45, 7) is 2.80. The molecule has 3 aromatic rings. The average molecular weight is 376 g/mol. The molecule has 1 amide bonds. The van der Waals surface area contributed by atoms with Crippen LogP contribution < -0.4 is 4.74 Å². The Bertz CT molecular complexity index is 916. The Morgan fingerprint density at radius 1 is 1.18 bits per heavy atom. The zero-order chi connectivity index (χ0) is 19.5. The first kappa shape index (κ1) is 18.2. The molecule has 144 valence electrons. The second kappa shape index (κ2) is 7.84. The Labute approximate surface area is 164 Å². The fourth-order valence-corrected chi connectivity index (χ4v) is 3.04. The third-order valence-corrected chi connectivity index (χ3v) is 5.24. The van der Waals surface area contributed by atoms with Gasteiger partial charge in [0.1, 0.15) is 18.4 Å². The van der Waals surface area contributed by atoms with Crippen LogP contribution in [0, 0.1) is 5.92 Å². The van der Waals surface area contributed by atoms with E-state index >= 15 is 0 Å². The van der Waals surface area contributed by atoms with E-state index in [-0.39, 0.29) is 11.9 Å². The van der Waals surface area contributed by atoms with E-state index in [0.717, 1.165) is 23.6 Å². The van der Waals surface area contributed by atoms with Crippen molar-refractivity contribution in [2.75, 3.05) is 13.7 Å². The maximum absolute atomic E-state index is 12.9. The summed E-state index contributed by atoms with van der Waals surface area (Å²) < 4.78 is 7.45. The zero-order valence-corrected chi connectivity index (χ0v) is 16.2. The van der Waals surface area contributed by atoms with Gasteiger partial charge in [-0.3, -0.25) is 4.79 Å². The fraction of sp³-hybridized carbons (Fsp3) is 0.318. The van der Waals surface area contributed by atoms with Gasteiger partial charge >= 0.3 is 0 Å². The smallest absolute Gasteiger partial charge is 0.254 e. The number of benzene rings is 2. The van der Waals surface area contributed by atoms with E-state index in [2.05, 4.69) is 10.1 Å². The maximum atomic E-state index is 12.9. The van der Waals surface area contributed by atoms with Gasteiger partial charge < -0.3 is 9.64 Å². The molecule has 1 heterocycles. The number of aromatic nitrogens is 3. The molecule has 1 unspecified atom stereocenters. The number of carbonyl (C=O) groups excluding carboxylic acids is 1. The number of amides is 1. The largest absolute Gasteiger partial charge is 0.493 e. The summed E-state index contributed by atoms with van der Waals surface area (Å²) in [5.41, 5.74) is 2.65. The number of hydrogen-bond donors (Lipinski definition) is 0. The van der Waals surface area contributed by atoms with Gasteiger partial charge in [0, 0.05) is 12.6 Å². The predicted molar refractivity (Wildman–Crippen MR) is 107 cm³/mol. The summed E-state index contributed by atoms with van der Waals surface area (Å²) >= 11 is 0. The van der Waals surface area contributed by atoms with Crippen molar-refractivity contribution in [3.05, 3.63) is 72.3 Å². The molecule has 6 nitrogen and oxygen atoms in total. The van der Waals surface area contributed by atoms with Crippen molar-refractivity contribution in [2.45, 2.75) is 25.8 Å². The summed E-state index contributed by atoms with van der Waals surface area (Å²) in [5, 5.41) is 4.13. The topological polar surface area (TPSA) is 60.2 Å². The van der Waals surface area contributed by atoms with Crippen LogP contribution in [0.5, 0.6) is 5.75 Å². The van der Waals surface area contributed by atoms with Gasteiger partial charge in [-0.05, 0) is 67.6 Å². The first-order chi connectivity index (χ1) is 13.6. The lowest BCUT2D eigenvalue weighted by Gasteiger charge is -2.25. The Kier molecular flexibility index (Phi) is 5.10. The van der Waals surface area contributed by atoms with Crippen LogP contribution in [0.3, 0.4) is 0 Å². The Hall–Kier alpha value is -3.15. The van der Waals surface area contributed by atoms with Crippen molar-refractivity contribution in [2.24, 2.45) is 5.92 Å². The van der Waals surface area contributed by atoms with E-state index < -0.39 is 0 Å². The molecule has 2 aromatic carbocycles. The molecule has 0 aliphatic heterocycles. The van der Waals surface area contributed by atoms with Crippen molar-refractivity contribution < 1.29 is 9.53 Å². The highest BCUT2D eigenvalue weighted by Gasteiger charge is 2.22. The van der Waals surface area contributed by atoms with Crippen molar-refractivity contribution >= 4 is 5.91 Å². The molecule has 4 rings (SSSR count). The highest BCUT2D eigenvalue weighted by Crippen LogP contribution is 2.29. The standard InChI is InChI=1S/C22H24N4O2/c1-16(18-5-9-20(10-6-18)26-15-23-14-24-26)25(2)22(27)19-7-11-21(12-8-19)28-13-17-3-4-17/h5-12,14-17H,3-4,13H2,1-2H3. The summed E-state index contributed by atoms with van der Waals surface area (Å²) in [4.78, 5) is 18.6. The van der Waals surface area contributed by atoms with E-state index in [4.69, 9.17) is 4.74 Å². The van der Waals surface area contributed by atoms with Crippen molar-refractivity contribution in [3.63, 3.8) is 0 Å². The SMILES string of the molecule is CC(c1ccc(-n2cncn2)cc1)N(C)C(=O)c1ccc(OCC2CC2)cc1. The Morgan fingerprint density at radius 2 is 1.89 bits per heavy atom. The summed E-state index contributed by atoms with van der Waals surface area (Å²) in [7, 11) is 1.83. The van der Waals surface area contributed by atoms with E-state index in [1.165, 1.54) is 19.2 Å². The molecular weight excluding hydrogens is 352 g/mol. The molecule has 0 radical (unpaired) electrons. The lowest BCUT2D eigenvalue weighted by molar-refractivity contribution is 0.0742. The minimum atomic E-state index is -0.0527. The van der Waals surface area contributed by atoms with Gasteiger partial charge in [-0.1, -0.05) is 12.1 Å². The molecule has 1 aromatic heterocycles. The second-order valence-electron chi connectivity index (χ2n) is 7.30. The molecule has 0 bridgehead atoms. The molecule has 6 heteroatoms. The summed E-state index contributed by atoms with van der Waals surface area (Å²) in [5.74, 6) is 1.52. The van der Waals surface area contributed by atoms with Crippen LogP contribution in [-0.4, -0.2) is 39.2 Å². The van der Waals surface area contributed by atoms with Crippen LogP contribution in [0.15, 0.2) is 61.2 Å². The molecule has 1 atom stereocenters. The summed E-state index contributed by atoms with van der Waals surface area (Å²) in [6.07, 6.45) is 5.69. The van der Waals surface area contributed by atoms with Crippen molar-refractivity contribution in [1.29, 1.82) is 0 Å². The third kappa shape index (κ3) is 4.06. The monoisotopic (exact) mass is 376 g/mol. The first-order valence-electron chi connectivity index (χ1n) is 9.57. The number of nitrogens with zero attached hydrogens (tertiary/aromatic N) is 4. The van der Waals surface area contributed by atoms with Gasteiger partial charge in [0.05, 0.1) is 18.3 Å². The molecule has 0 N–H and O–H groups in total. The number of hydrogen-bond acceptors (Lipinski definition) is 4. The van der Waals surface area contributed by atoms with E-state index in [1.807, 2.05) is 62.5 Å².